The summed E-state index contributed by atoms with van der Waals surface area (Å²) in [5.41, 5.74) is 4.17. The Kier molecular flexibility index (Phi) is 8.37. The minimum Gasteiger partial charge on any atom is -0.321 e. The SMILES string of the molecule is CCC1SC(C=O)N(Cc2ccc(NC(=O)c3cccs3)cc2)N=C1c1ccc(C[SH](=O)=O)cc1. The number of thioether (sulfide) groups is 1. The largest absolute Gasteiger partial charge is 0.321 e. The van der Waals surface area contributed by atoms with Crippen molar-refractivity contribution in [2.45, 2.75) is 36.3 Å². The van der Waals surface area contributed by atoms with Crippen molar-refractivity contribution < 1.29 is 18.0 Å². The predicted octanol–water partition coefficient (Wildman–Crippen LogP) is 4.37. The molecule has 0 saturated heterocycles. The summed E-state index contributed by atoms with van der Waals surface area (Å²) in [6, 6.07) is 18.5. The van der Waals surface area contributed by atoms with Crippen molar-refractivity contribution in [3.8, 4) is 0 Å². The molecule has 2 heterocycles. The summed E-state index contributed by atoms with van der Waals surface area (Å²) < 4.78 is 22.0. The number of thiol groups is 1. The van der Waals surface area contributed by atoms with Crippen molar-refractivity contribution in [1.82, 2.24) is 5.01 Å². The first-order chi connectivity index (χ1) is 17.0. The van der Waals surface area contributed by atoms with Crippen LogP contribution in [0.5, 0.6) is 0 Å². The molecule has 35 heavy (non-hydrogen) atoms. The van der Waals surface area contributed by atoms with Gasteiger partial charge in [-0.25, -0.2) is 8.42 Å². The van der Waals surface area contributed by atoms with Crippen LogP contribution in [-0.4, -0.2) is 42.0 Å². The summed E-state index contributed by atoms with van der Waals surface area (Å²) in [5.74, 6) is -0.133. The summed E-state index contributed by atoms with van der Waals surface area (Å²) in [7, 11) is -2.48. The van der Waals surface area contributed by atoms with Crippen LogP contribution in [0.15, 0.2) is 71.1 Å². The first-order valence-corrected chi connectivity index (χ1v) is 14.3. The molecule has 3 aromatic rings. The third-order valence-electron chi connectivity index (χ3n) is 5.49. The summed E-state index contributed by atoms with van der Waals surface area (Å²) in [4.78, 5) is 24.8. The molecule has 1 aliphatic rings. The number of hydrogen-bond acceptors (Lipinski definition) is 8. The van der Waals surface area contributed by atoms with E-state index in [4.69, 9.17) is 5.10 Å². The van der Waals surface area contributed by atoms with Gasteiger partial charge in [-0.2, -0.15) is 5.10 Å². The molecule has 10 heteroatoms. The highest BCUT2D eigenvalue weighted by Crippen LogP contribution is 2.32. The van der Waals surface area contributed by atoms with E-state index in [1.165, 1.54) is 11.3 Å². The van der Waals surface area contributed by atoms with Crippen LogP contribution in [0, 0.1) is 0 Å². The highest BCUT2D eigenvalue weighted by Gasteiger charge is 2.31. The van der Waals surface area contributed by atoms with Crippen molar-refractivity contribution in [3.63, 3.8) is 0 Å². The van der Waals surface area contributed by atoms with Gasteiger partial charge in [0.1, 0.15) is 16.1 Å². The Balaban J connectivity index is 1.52. The molecule has 0 saturated carbocycles. The molecule has 1 amide bonds. The van der Waals surface area contributed by atoms with Gasteiger partial charge in [0.25, 0.3) is 5.91 Å². The third-order valence-corrected chi connectivity index (χ3v) is 8.50. The van der Waals surface area contributed by atoms with E-state index in [0.717, 1.165) is 35.1 Å². The van der Waals surface area contributed by atoms with Gasteiger partial charge in [0, 0.05) is 5.69 Å². The van der Waals surface area contributed by atoms with E-state index in [2.05, 4.69) is 12.2 Å². The first-order valence-electron chi connectivity index (χ1n) is 11.1. The molecule has 2 atom stereocenters. The van der Waals surface area contributed by atoms with Crippen molar-refractivity contribution in [1.29, 1.82) is 0 Å². The van der Waals surface area contributed by atoms with Crippen LogP contribution < -0.4 is 5.32 Å². The van der Waals surface area contributed by atoms with Gasteiger partial charge in [-0.3, -0.25) is 9.80 Å². The fourth-order valence-corrected chi connectivity index (χ4v) is 6.03. The van der Waals surface area contributed by atoms with Crippen molar-refractivity contribution >= 4 is 57.4 Å². The van der Waals surface area contributed by atoms with Crippen LogP contribution in [0.2, 0.25) is 0 Å². The summed E-state index contributed by atoms with van der Waals surface area (Å²) in [6.45, 7) is 2.49. The molecule has 0 fully saturated rings. The van der Waals surface area contributed by atoms with E-state index in [1.807, 2.05) is 47.8 Å². The Hall–Kier alpha value is -2.95. The molecule has 0 aliphatic carbocycles. The normalized spacial score (nSPS) is 17.8. The van der Waals surface area contributed by atoms with Crippen LogP contribution >= 0.6 is 23.1 Å². The quantitative estimate of drug-likeness (QED) is 0.317. The molecule has 4 rings (SSSR count). The van der Waals surface area contributed by atoms with Crippen molar-refractivity contribution in [3.05, 3.63) is 87.6 Å². The van der Waals surface area contributed by atoms with Crippen LogP contribution in [-0.2, 0) is 27.8 Å². The maximum absolute atomic E-state index is 12.3. The molecule has 7 nitrogen and oxygen atoms in total. The number of carbonyl (C=O) groups excluding carboxylic acids is 2. The lowest BCUT2D eigenvalue weighted by Gasteiger charge is -2.34. The first kappa shape index (κ1) is 25.2. The smallest absolute Gasteiger partial charge is 0.265 e. The number of benzene rings is 2. The highest BCUT2D eigenvalue weighted by atomic mass is 32.2. The van der Waals surface area contributed by atoms with E-state index in [9.17, 15) is 18.0 Å². The second kappa shape index (κ2) is 11.7. The minimum atomic E-state index is -2.48. The average Bonchev–Trinajstić information content (AvgIpc) is 3.40. The summed E-state index contributed by atoms with van der Waals surface area (Å²) >= 11 is 2.95. The minimum absolute atomic E-state index is 0.0111. The molecule has 1 N–H and O–H groups in total. The number of thiophene rings is 1. The van der Waals surface area contributed by atoms with E-state index >= 15 is 0 Å². The zero-order chi connectivity index (χ0) is 24.8. The molecule has 1 aliphatic heterocycles. The molecule has 1 aromatic heterocycles. The fourth-order valence-electron chi connectivity index (χ4n) is 3.73. The van der Waals surface area contributed by atoms with Gasteiger partial charge in [-0.1, -0.05) is 49.4 Å². The fraction of sp³-hybridized carbons (Fsp3) is 0.240. The number of hydrazone groups is 1. The molecule has 0 bridgehead atoms. The molecule has 2 aromatic carbocycles. The number of hydrogen-bond donors (Lipinski definition) is 2. The molecule has 2 unspecified atom stereocenters. The topological polar surface area (TPSA) is 95.9 Å². The van der Waals surface area contributed by atoms with Gasteiger partial charge >= 0.3 is 0 Å². The molecule has 0 radical (unpaired) electrons. The number of amides is 1. The van der Waals surface area contributed by atoms with Crippen LogP contribution in [0.1, 0.15) is 39.7 Å². The third kappa shape index (κ3) is 6.39. The zero-order valence-electron chi connectivity index (χ0n) is 19.0. The number of nitrogens with one attached hydrogen (secondary N) is 1. The van der Waals surface area contributed by atoms with Gasteiger partial charge in [0.05, 0.1) is 28.1 Å². The predicted molar refractivity (Wildman–Crippen MR) is 143 cm³/mol. The van der Waals surface area contributed by atoms with Crippen LogP contribution in [0.3, 0.4) is 0 Å². The maximum Gasteiger partial charge on any atom is 0.265 e. The second-order valence-corrected chi connectivity index (χ2v) is 11.2. The highest BCUT2D eigenvalue weighted by molar-refractivity contribution is 8.01. The lowest BCUT2D eigenvalue weighted by molar-refractivity contribution is -0.110. The maximum atomic E-state index is 12.3. The summed E-state index contributed by atoms with van der Waals surface area (Å²) in [5, 5.41) is 11.0. The van der Waals surface area contributed by atoms with Gasteiger partial charge in [0.2, 0.25) is 0 Å². The standard InChI is InChI=1S/C25H25N3O4S3/c1-2-21-24(19-9-5-18(6-10-19)16-35(31)32)27-28(23(15-29)34-21)14-17-7-11-20(12-8-17)26-25(30)22-4-3-13-33-22/h3-13,15,21,23,35H,2,14,16H2,1H3,(H,26,30). The molecule has 182 valence electrons. The van der Waals surface area contributed by atoms with E-state index in [1.54, 1.807) is 35.0 Å². The van der Waals surface area contributed by atoms with Gasteiger partial charge < -0.3 is 10.1 Å². The Morgan fingerprint density at radius 1 is 1.09 bits per heavy atom. The summed E-state index contributed by atoms with van der Waals surface area (Å²) in [6.07, 6.45) is 1.73. The van der Waals surface area contributed by atoms with Crippen molar-refractivity contribution in [2.75, 3.05) is 5.32 Å². The second-order valence-electron chi connectivity index (χ2n) is 7.96. The molecule has 0 spiro atoms. The van der Waals surface area contributed by atoms with Crippen LogP contribution in [0.25, 0.3) is 0 Å². The van der Waals surface area contributed by atoms with E-state index < -0.39 is 16.1 Å². The van der Waals surface area contributed by atoms with Crippen LogP contribution in [0.4, 0.5) is 5.69 Å². The van der Waals surface area contributed by atoms with Gasteiger partial charge in [-0.15, -0.1) is 23.1 Å². The monoisotopic (exact) mass is 527 g/mol. The number of aldehydes is 1. The molecular weight excluding hydrogens is 502 g/mol. The number of carbonyl (C=O) groups is 2. The Bertz CT molecular complexity index is 1260. The average molecular weight is 528 g/mol. The number of anilines is 1. The van der Waals surface area contributed by atoms with E-state index in [-0.39, 0.29) is 16.9 Å². The van der Waals surface area contributed by atoms with E-state index in [0.29, 0.717) is 17.1 Å². The number of nitrogens with zero attached hydrogens (tertiary/aromatic N) is 2. The lowest BCUT2D eigenvalue weighted by Crippen LogP contribution is -2.39. The molecular formula is C25H25N3O4S3. The number of rotatable bonds is 9. The van der Waals surface area contributed by atoms with Gasteiger partial charge in [-0.05, 0) is 46.7 Å². The van der Waals surface area contributed by atoms with Gasteiger partial charge in [0.15, 0.2) is 6.29 Å². The Labute approximate surface area is 214 Å². The zero-order valence-corrected chi connectivity index (χ0v) is 21.5. The van der Waals surface area contributed by atoms with Crippen molar-refractivity contribution in [2.24, 2.45) is 5.10 Å². The Morgan fingerprint density at radius 3 is 2.40 bits per heavy atom. The Morgan fingerprint density at radius 2 is 1.80 bits per heavy atom. The lowest BCUT2D eigenvalue weighted by atomic mass is 10.0.